The van der Waals surface area contributed by atoms with E-state index in [4.69, 9.17) is 0 Å². The van der Waals surface area contributed by atoms with Gasteiger partial charge in [0, 0.05) is 50.8 Å². The zero-order chi connectivity index (χ0) is 18.5. The van der Waals surface area contributed by atoms with Gasteiger partial charge in [0.2, 0.25) is 0 Å². The maximum absolute atomic E-state index is 12.2. The Labute approximate surface area is 168 Å². The number of nitrogens with one attached hydrogen (secondary N) is 2. The third kappa shape index (κ3) is 5.32. The molecule has 1 aromatic rings. The van der Waals surface area contributed by atoms with Gasteiger partial charge in [-0.15, -0.1) is 0 Å². The van der Waals surface area contributed by atoms with Crippen LogP contribution in [0.3, 0.4) is 0 Å². The molecule has 0 aromatic heterocycles. The number of aliphatic imine (C=N–C) groups is 1. The molecule has 2 saturated carbocycles. The van der Waals surface area contributed by atoms with Crippen LogP contribution in [-0.4, -0.2) is 39.8 Å². The Kier molecular flexibility index (Phi) is 7.15. The zero-order valence-electron chi connectivity index (χ0n) is 15.7. The van der Waals surface area contributed by atoms with Gasteiger partial charge in [0.1, 0.15) is 0 Å². The Balaban J connectivity index is 1.54. The SMILES string of the molecule is CCN=C(NC1CCCC(S(=O)CC)C1)NC1CC1c1ccc(Br)cc1. The molecule has 2 aliphatic carbocycles. The first-order chi connectivity index (χ1) is 12.6. The quantitative estimate of drug-likeness (QED) is 0.521. The minimum Gasteiger partial charge on any atom is -0.354 e. The second kappa shape index (κ2) is 9.36. The summed E-state index contributed by atoms with van der Waals surface area (Å²) in [6.45, 7) is 4.86. The van der Waals surface area contributed by atoms with Crippen LogP contribution in [0.5, 0.6) is 0 Å². The van der Waals surface area contributed by atoms with Crippen molar-refractivity contribution in [3.63, 3.8) is 0 Å². The van der Waals surface area contributed by atoms with E-state index >= 15 is 0 Å². The highest BCUT2D eigenvalue weighted by Gasteiger charge is 2.39. The molecule has 0 aliphatic heterocycles. The number of hydrogen-bond donors (Lipinski definition) is 2. The van der Waals surface area contributed by atoms with E-state index < -0.39 is 10.8 Å². The van der Waals surface area contributed by atoms with Crippen LogP contribution < -0.4 is 10.6 Å². The van der Waals surface area contributed by atoms with Gasteiger partial charge in [-0.3, -0.25) is 9.20 Å². The summed E-state index contributed by atoms with van der Waals surface area (Å²) >= 11 is 3.50. The highest BCUT2D eigenvalue weighted by molar-refractivity contribution is 9.10. The summed E-state index contributed by atoms with van der Waals surface area (Å²) < 4.78 is 13.3. The van der Waals surface area contributed by atoms with E-state index in [1.807, 2.05) is 6.92 Å². The van der Waals surface area contributed by atoms with Crippen LogP contribution in [0.4, 0.5) is 0 Å². The van der Waals surface area contributed by atoms with E-state index in [2.05, 4.69) is 62.7 Å². The van der Waals surface area contributed by atoms with E-state index in [0.29, 0.717) is 23.3 Å². The Hall–Kier alpha value is -0.880. The van der Waals surface area contributed by atoms with Gasteiger partial charge in [0.15, 0.2) is 5.96 Å². The lowest BCUT2D eigenvalue weighted by atomic mass is 9.95. The summed E-state index contributed by atoms with van der Waals surface area (Å²) in [6, 6.07) is 9.46. The maximum atomic E-state index is 12.2. The van der Waals surface area contributed by atoms with Crippen LogP contribution in [0.2, 0.25) is 0 Å². The average molecular weight is 440 g/mol. The highest BCUT2D eigenvalue weighted by Crippen LogP contribution is 2.41. The first-order valence-electron chi connectivity index (χ1n) is 9.80. The monoisotopic (exact) mass is 439 g/mol. The van der Waals surface area contributed by atoms with Crippen molar-refractivity contribution in [3.8, 4) is 0 Å². The topological polar surface area (TPSA) is 53.5 Å². The molecule has 2 fully saturated rings. The number of rotatable bonds is 6. The molecule has 0 saturated heterocycles. The van der Waals surface area contributed by atoms with Gasteiger partial charge in [-0.1, -0.05) is 41.4 Å². The molecule has 5 atom stereocenters. The molecule has 0 amide bonds. The first kappa shape index (κ1) is 19.9. The molecule has 0 spiro atoms. The van der Waals surface area contributed by atoms with E-state index in [-0.39, 0.29) is 0 Å². The van der Waals surface area contributed by atoms with Crippen molar-refractivity contribution in [1.29, 1.82) is 0 Å². The zero-order valence-corrected chi connectivity index (χ0v) is 18.1. The van der Waals surface area contributed by atoms with E-state index in [1.54, 1.807) is 0 Å². The Morgan fingerprint density at radius 3 is 2.65 bits per heavy atom. The molecular weight excluding hydrogens is 410 g/mol. The molecule has 2 aliphatic rings. The smallest absolute Gasteiger partial charge is 0.191 e. The largest absolute Gasteiger partial charge is 0.354 e. The van der Waals surface area contributed by atoms with Crippen LogP contribution in [0, 0.1) is 0 Å². The van der Waals surface area contributed by atoms with Crippen LogP contribution in [0.1, 0.15) is 57.4 Å². The fourth-order valence-electron chi connectivity index (χ4n) is 3.84. The van der Waals surface area contributed by atoms with Crippen LogP contribution in [0.15, 0.2) is 33.7 Å². The molecule has 144 valence electrons. The van der Waals surface area contributed by atoms with Gasteiger partial charge in [-0.05, 0) is 50.3 Å². The fourth-order valence-corrected chi connectivity index (χ4v) is 5.46. The molecular formula is C20H30BrN3OS. The van der Waals surface area contributed by atoms with Crippen LogP contribution in [0.25, 0.3) is 0 Å². The summed E-state index contributed by atoms with van der Waals surface area (Å²) in [5.74, 6) is 2.26. The van der Waals surface area contributed by atoms with Crippen molar-refractivity contribution in [1.82, 2.24) is 10.6 Å². The maximum Gasteiger partial charge on any atom is 0.191 e. The number of hydrogen-bond acceptors (Lipinski definition) is 2. The summed E-state index contributed by atoms with van der Waals surface area (Å²) in [5.41, 5.74) is 1.39. The summed E-state index contributed by atoms with van der Waals surface area (Å²) in [7, 11) is -0.688. The number of benzene rings is 1. The molecule has 0 radical (unpaired) electrons. The lowest BCUT2D eigenvalue weighted by molar-refractivity contribution is 0.413. The lowest BCUT2D eigenvalue weighted by Crippen LogP contribution is -2.47. The van der Waals surface area contributed by atoms with Gasteiger partial charge in [-0.2, -0.15) is 0 Å². The van der Waals surface area contributed by atoms with Crippen molar-refractivity contribution in [2.45, 2.75) is 69.2 Å². The predicted molar refractivity (Wildman–Crippen MR) is 114 cm³/mol. The van der Waals surface area contributed by atoms with Crippen LogP contribution in [-0.2, 0) is 10.8 Å². The van der Waals surface area contributed by atoms with E-state index in [0.717, 1.165) is 54.8 Å². The molecule has 0 heterocycles. The second-order valence-corrected chi connectivity index (χ2v) is 10.2. The molecule has 0 bridgehead atoms. The first-order valence-corrected chi connectivity index (χ1v) is 12.0. The molecule has 2 N–H and O–H groups in total. The van der Waals surface area contributed by atoms with E-state index in [9.17, 15) is 4.21 Å². The molecule has 3 rings (SSSR count). The van der Waals surface area contributed by atoms with E-state index in [1.165, 1.54) is 5.56 Å². The Morgan fingerprint density at radius 2 is 1.96 bits per heavy atom. The molecule has 6 heteroatoms. The fraction of sp³-hybridized carbons (Fsp3) is 0.650. The second-order valence-electron chi connectivity index (χ2n) is 7.27. The third-order valence-corrected chi connectivity index (χ3v) is 7.62. The lowest BCUT2D eigenvalue weighted by Gasteiger charge is -2.30. The Morgan fingerprint density at radius 1 is 1.19 bits per heavy atom. The number of guanidine groups is 1. The highest BCUT2D eigenvalue weighted by atomic mass is 79.9. The van der Waals surface area contributed by atoms with Crippen molar-refractivity contribution >= 4 is 32.7 Å². The van der Waals surface area contributed by atoms with Crippen molar-refractivity contribution in [2.24, 2.45) is 4.99 Å². The molecule has 4 nitrogen and oxygen atoms in total. The summed E-state index contributed by atoms with van der Waals surface area (Å²) in [6.07, 6.45) is 5.53. The number of halogens is 1. The summed E-state index contributed by atoms with van der Waals surface area (Å²) in [5, 5.41) is 7.57. The van der Waals surface area contributed by atoms with Gasteiger partial charge in [0.25, 0.3) is 0 Å². The summed E-state index contributed by atoms with van der Waals surface area (Å²) in [4.78, 5) is 4.64. The third-order valence-electron chi connectivity index (χ3n) is 5.35. The molecule has 1 aromatic carbocycles. The molecule has 5 unspecified atom stereocenters. The minimum absolute atomic E-state index is 0.338. The van der Waals surface area contributed by atoms with Crippen molar-refractivity contribution in [3.05, 3.63) is 34.3 Å². The van der Waals surface area contributed by atoms with Gasteiger partial charge in [-0.25, -0.2) is 0 Å². The minimum atomic E-state index is -0.688. The average Bonchev–Trinajstić information content (AvgIpc) is 3.41. The normalized spacial score (nSPS) is 29.9. The molecule has 26 heavy (non-hydrogen) atoms. The van der Waals surface area contributed by atoms with Crippen LogP contribution >= 0.6 is 15.9 Å². The van der Waals surface area contributed by atoms with Gasteiger partial charge in [0.05, 0.1) is 0 Å². The number of nitrogens with zero attached hydrogens (tertiary/aromatic N) is 1. The predicted octanol–water partition coefficient (Wildman–Crippen LogP) is 3.94. The standard InChI is InChI=1S/C20H30BrN3OS/c1-3-22-20(23-16-6-5-7-17(12-16)26(25)4-2)24-19-13-18(19)14-8-10-15(21)11-9-14/h8-11,16-19H,3-7,12-13H2,1-2H3,(H2,22,23,24). The van der Waals surface area contributed by atoms with Crippen molar-refractivity contribution < 1.29 is 4.21 Å². The Bertz CT molecular complexity index is 649. The van der Waals surface area contributed by atoms with Gasteiger partial charge < -0.3 is 10.6 Å². The van der Waals surface area contributed by atoms with Gasteiger partial charge >= 0.3 is 0 Å². The van der Waals surface area contributed by atoms with Crippen molar-refractivity contribution in [2.75, 3.05) is 12.3 Å².